The first-order valence-corrected chi connectivity index (χ1v) is 5.48. The molecule has 88 valence electrons. The van der Waals surface area contributed by atoms with Crippen LogP contribution in [0, 0.1) is 17.0 Å². The van der Waals surface area contributed by atoms with Gasteiger partial charge >= 0.3 is 5.82 Å². The average Bonchev–Trinajstić information content (AvgIpc) is 2.61. The van der Waals surface area contributed by atoms with E-state index in [0.717, 1.165) is 25.7 Å². The van der Waals surface area contributed by atoms with Gasteiger partial charge in [0.15, 0.2) is 0 Å². The van der Waals surface area contributed by atoms with Crippen LogP contribution in [0.15, 0.2) is 6.20 Å². The molecule has 1 aromatic heterocycles. The van der Waals surface area contributed by atoms with Gasteiger partial charge in [-0.15, -0.1) is 0 Å². The third-order valence-corrected chi connectivity index (χ3v) is 3.10. The molecule has 1 aromatic rings. The molecule has 6 heteroatoms. The molecule has 0 saturated heterocycles. The highest BCUT2D eigenvalue weighted by Gasteiger charge is 2.29. The maximum atomic E-state index is 10.7. The maximum Gasteiger partial charge on any atom is 0.392 e. The van der Waals surface area contributed by atoms with Crippen LogP contribution in [-0.4, -0.2) is 25.9 Å². The molecule has 2 rings (SSSR count). The largest absolute Gasteiger partial charge is 0.392 e. The van der Waals surface area contributed by atoms with Gasteiger partial charge in [-0.2, -0.15) is 4.68 Å². The molecule has 1 saturated carbocycles. The SMILES string of the molecule is Cc1cn(C2CCCCC2O)nc1[N+](=O)[O-]. The van der Waals surface area contributed by atoms with Crippen LogP contribution in [0.2, 0.25) is 0 Å². The van der Waals surface area contributed by atoms with Crippen LogP contribution in [0.25, 0.3) is 0 Å². The van der Waals surface area contributed by atoms with Crippen molar-refractivity contribution in [1.29, 1.82) is 0 Å². The zero-order chi connectivity index (χ0) is 11.7. The number of nitro groups is 1. The van der Waals surface area contributed by atoms with Crippen molar-refractivity contribution in [2.45, 2.75) is 44.8 Å². The van der Waals surface area contributed by atoms with E-state index in [9.17, 15) is 15.2 Å². The average molecular weight is 225 g/mol. The second-order valence-corrected chi connectivity index (χ2v) is 4.29. The first-order chi connectivity index (χ1) is 7.59. The van der Waals surface area contributed by atoms with Gasteiger partial charge in [0.25, 0.3) is 0 Å². The van der Waals surface area contributed by atoms with Gasteiger partial charge < -0.3 is 15.2 Å². The van der Waals surface area contributed by atoms with Crippen LogP contribution in [0.1, 0.15) is 37.3 Å². The lowest BCUT2D eigenvalue weighted by atomic mass is 9.93. The predicted octanol–water partition coefficient (Wildman–Crippen LogP) is 1.58. The molecule has 1 aliphatic rings. The van der Waals surface area contributed by atoms with Gasteiger partial charge in [0.2, 0.25) is 0 Å². The molecular weight excluding hydrogens is 210 g/mol. The lowest BCUT2D eigenvalue weighted by Gasteiger charge is -2.25. The Labute approximate surface area is 93.0 Å². The molecule has 0 amide bonds. The second kappa shape index (κ2) is 4.21. The monoisotopic (exact) mass is 225 g/mol. The number of aliphatic hydroxyl groups excluding tert-OH is 1. The van der Waals surface area contributed by atoms with Gasteiger partial charge in [-0.1, -0.05) is 12.8 Å². The predicted molar refractivity (Wildman–Crippen MR) is 57.1 cm³/mol. The Morgan fingerprint density at radius 1 is 1.56 bits per heavy atom. The number of aliphatic hydroxyl groups is 1. The summed E-state index contributed by atoms with van der Waals surface area (Å²) in [6, 6.07) is -0.110. The van der Waals surface area contributed by atoms with Crippen molar-refractivity contribution >= 4 is 5.82 Å². The molecule has 0 bridgehead atoms. The highest BCUT2D eigenvalue weighted by Crippen LogP contribution is 2.29. The van der Waals surface area contributed by atoms with Crippen molar-refractivity contribution in [3.63, 3.8) is 0 Å². The van der Waals surface area contributed by atoms with E-state index in [1.807, 2.05) is 0 Å². The van der Waals surface area contributed by atoms with E-state index in [0.29, 0.717) is 5.56 Å². The summed E-state index contributed by atoms with van der Waals surface area (Å²) in [5.74, 6) is -0.113. The molecule has 16 heavy (non-hydrogen) atoms. The molecule has 1 fully saturated rings. The van der Waals surface area contributed by atoms with Crippen LogP contribution in [0.5, 0.6) is 0 Å². The van der Waals surface area contributed by atoms with E-state index >= 15 is 0 Å². The van der Waals surface area contributed by atoms with Gasteiger partial charge in [-0.05, 0) is 24.7 Å². The molecule has 0 spiro atoms. The zero-order valence-electron chi connectivity index (χ0n) is 9.17. The van der Waals surface area contributed by atoms with Crippen LogP contribution < -0.4 is 0 Å². The molecule has 0 aromatic carbocycles. The molecule has 2 atom stereocenters. The Morgan fingerprint density at radius 3 is 2.81 bits per heavy atom. The summed E-state index contributed by atoms with van der Waals surface area (Å²) in [7, 11) is 0. The minimum absolute atomic E-state index is 0.110. The van der Waals surface area contributed by atoms with E-state index in [4.69, 9.17) is 0 Å². The second-order valence-electron chi connectivity index (χ2n) is 4.29. The summed E-state index contributed by atoms with van der Waals surface area (Å²) >= 11 is 0. The molecule has 2 unspecified atom stereocenters. The fourth-order valence-corrected chi connectivity index (χ4v) is 2.22. The molecule has 0 radical (unpaired) electrons. The quantitative estimate of drug-likeness (QED) is 0.612. The summed E-state index contributed by atoms with van der Waals surface area (Å²) in [6.07, 6.45) is 4.84. The third kappa shape index (κ3) is 1.92. The van der Waals surface area contributed by atoms with Crippen molar-refractivity contribution < 1.29 is 10.0 Å². The first kappa shape index (κ1) is 11.1. The van der Waals surface area contributed by atoms with Crippen LogP contribution >= 0.6 is 0 Å². The summed E-state index contributed by atoms with van der Waals surface area (Å²) in [5, 5.41) is 24.4. The van der Waals surface area contributed by atoms with E-state index < -0.39 is 11.0 Å². The summed E-state index contributed by atoms with van der Waals surface area (Å²) in [6.45, 7) is 1.66. The normalized spacial score (nSPS) is 25.6. The maximum absolute atomic E-state index is 10.7. The minimum atomic E-state index is -0.485. The van der Waals surface area contributed by atoms with E-state index in [-0.39, 0.29) is 11.9 Å². The number of hydrogen-bond acceptors (Lipinski definition) is 4. The number of rotatable bonds is 2. The number of nitrogens with zero attached hydrogens (tertiary/aromatic N) is 3. The fourth-order valence-electron chi connectivity index (χ4n) is 2.22. The minimum Gasteiger partial charge on any atom is -0.391 e. The van der Waals surface area contributed by atoms with Crippen molar-refractivity contribution in [2.24, 2.45) is 0 Å². The Kier molecular flexibility index (Phi) is 2.91. The summed E-state index contributed by atoms with van der Waals surface area (Å²) in [4.78, 5) is 10.2. The fraction of sp³-hybridized carbons (Fsp3) is 0.700. The van der Waals surface area contributed by atoms with Gasteiger partial charge in [0.1, 0.15) is 0 Å². The Balaban J connectivity index is 2.26. The van der Waals surface area contributed by atoms with E-state index in [2.05, 4.69) is 5.10 Å². The zero-order valence-corrected chi connectivity index (χ0v) is 9.17. The lowest BCUT2D eigenvalue weighted by Crippen LogP contribution is -2.27. The highest BCUT2D eigenvalue weighted by atomic mass is 16.6. The molecule has 6 nitrogen and oxygen atoms in total. The van der Waals surface area contributed by atoms with Crippen LogP contribution in [-0.2, 0) is 0 Å². The summed E-state index contributed by atoms with van der Waals surface area (Å²) < 4.78 is 1.55. The van der Waals surface area contributed by atoms with Crippen molar-refractivity contribution in [2.75, 3.05) is 0 Å². The van der Waals surface area contributed by atoms with Gasteiger partial charge in [0.05, 0.1) is 29.0 Å². The van der Waals surface area contributed by atoms with E-state index in [1.165, 1.54) is 0 Å². The van der Waals surface area contributed by atoms with Gasteiger partial charge in [-0.25, -0.2) is 0 Å². The van der Waals surface area contributed by atoms with Crippen LogP contribution in [0.3, 0.4) is 0 Å². The highest BCUT2D eigenvalue weighted by molar-refractivity contribution is 5.28. The van der Waals surface area contributed by atoms with Gasteiger partial charge in [0, 0.05) is 0 Å². The Hall–Kier alpha value is -1.43. The smallest absolute Gasteiger partial charge is 0.391 e. The lowest BCUT2D eigenvalue weighted by molar-refractivity contribution is -0.390. The third-order valence-electron chi connectivity index (χ3n) is 3.10. The number of aromatic nitrogens is 2. The molecule has 1 N–H and O–H groups in total. The molecule has 1 aliphatic carbocycles. The van der Waals surface area contributed by atoms with Crippen molar-refractivity contribution in [3.8, 4) is 0 Å². The Morgan fingerprint density at radius 2 is 2.25 bits per heavy atom. The van der Waals surface area contributed by atoms with Crippen LogP contribution in [0.4, 0.5) is 5.82 Å². The Bertz CT molecular complexity index is 402. The topological polar surface area (TPSA) is 81.2 Å². The molecular formula is C10H15N3O3. The molecule has 1 heterocycles. The van der Waals surface area contributed by atoms with E-state index in [1.54, 1.807) is 17.8 Å². The standard InChI is InChI=1S/C10H15N3O3/c1-7-6-12(11-10(7)13(15)16)8-4-2-3-5-9(8)14/h6,8-9,14H,2-5H2,1H3. The van der Waals surface area contributed by atoms with Crippen molar-refractivity contribution in [1.82, 2.24) is 9.78 Å². The number of hydrogen-bond donors (Lipinski definition) is 1. The molecule has 0 aliphatic heterocycles. The summed E-state index contributed by atoms with van der Waals surface area (Å²) in [5.41, 5.74) is 0.544. The first-order valence-electron chi connectivity index (χ1n) is 5.48. The van der Waals surface area contributed by atoms with Crippen molar-refractivity contribution in [3.05, 3.63) is 21.9 Å². The number of aryl methyl sites for hydroxylation is 1. The van der Waals surface area contributed by atoms with Gasteiger partial charge in [-0.3, -0.25) is 0 Å².